The lowest BCUT2D eigenvalue weighted by Crippen LogP contribution is -2.43. The van der Waals surface area contributed by atoms with Crippen LogP contribution in [0.2, 0.25) is 0 Å². The zero-order chi connectivity index (χ0) is 18.8. The number of nitrogens with two attached hydrogens (primary N) is 1. The van der Waals surface area contributed by atoms with Gasteiger partial charge < -0.3 is 19.7 Å². The molecule has 8 heteroatoms. The fourth-order valence-electron chi connectivity index (χ4n) is 4.25. The predicted molar refractivity (Wildman–Crippen MR) is 107 cm³/mol. The van der Waals surface area contributed by atoms with Gasteiger partial charge in [0.1, 0.15) is 0 Å². The van der Waals surface area contributed by atoms with E-state index in [0.717, 1.165) is 18.0 Å². The highest BCUT2D eigenvalue weighted by molar-refractivity contribution is 5.85. The highest BCUT2D eigenvalue weighted by Gasteiger charge is 2.32. The summed E-state index contributed by atoms with van der Waals surface area (Å²) in [7, 11) is 0. The van der Waals surface area contributed by atoms with Crippen molar-refractivity contribution in [2.24, 2.45) is 17.6 Å². The molecule has 2 heterocycles. The summed E-state index contributed by atoms with van der Waals surface area (Å²) in [5.41, 5.74) is 6.82. The molecule has 0 saturated heterocycles. The van der Waals surface area contributed by atoms with E-state index in [2.05, 4.69) is 41.0 Å². The van der Waals surface area contributed by atoms with Gasteiger partial charge in [0.05, 0.1) is 13.1 Å². The van der Waals surface area contributed by atoms with Crippen LogP contribution in [0.1, 0.15) is 50.4 Å². The van der Waals surface area contributed by atoms with Gasteiger partial charge >= 0.3 is 0 Å². The van der Waals surface area contributed by atoms with Gasteiger partial charge in [0.25, 0.3) is 0 Å². The van der Waals surface area contributed by atoms with Crippen molar-refractivity contribution in [3.63, 3.8) is 0 Å². The quantitative estimate of drug-likeness (QED) is 0.782. The van der Waals surface area contributed by atoms with Gasteiger partial charge in [-0.2, -0.15) is 4.98 Å². The summed E-state index contributed by atoms with van der Waals surface area (Å²) in [5, 5.41) is 4.11. The van der Waals surface area contributed by atoms with Crippen molar-refractivity contribution in [1.29, 1.82) is 0 Å². The molecule has 2 aliphatic rings. The van der Waals surface area contributed by atoms with E-state index in [1.54, 1.807) is 0 Å². The number of hydrogen-bond acceptors (Lipinski definition) is 7. The van der Waals surface area contributed by atoms with Gasteiger partial charge in [0.15, 0.2) is 17.3 Å². The number of rotatable bonds is 6. The molecule has 3 unspecified atom stereocenters. The minimum atomic E-state index is 0. The fourth-order valence-corrected chi connectivity index (χ4v) is 4.25. The maximum absolute atomic E-state index is 5.62. The first-order valence-electron chi connectivity index (χ1n) is 9.78. The molecule has 28 heavy (non-hydrogen) atoms. The molecule has 2 N–H and O–H groups in total. The summed E-state index contributed by atoms with van der Waals surface area (Å²) in [4.78, 5) is 6.89. The molecule has 154 valence electrons. The van der Waals surface area contributed by atoms with Crippen LogP contribution >= 0.6 is 12.4 Å². The number of ether oxygens (including phenoxy) is 2. The largest absolute Gasteiger partial charge is 0.454 e. The summed E-state index contributed by atoms with van der Waals surface area (Å²) in [6.07, 6.45) is 3.75. The van der Waals surface area contributed by atoms with Crippen LogP contribution in [0.15, 0.2) is 22.7 Å². The zero-order valence-electron chi connectivity index (χ0n) is 16.5. The van der Waals surface area contributed by atoms with Gasteiger partial charge in [0, 0.05) is 12.6 Å². The number of aromatic nitrogens is 2. The Balaban J connectivity index is 0.00000225. The Kier molecular flexibility index (Phi) is 6.80. The first-order chi connectivity index (χ1) is 13.1. The van der Waals surface area contributed by atoms with Crippen LogP contribution in [-0.4, -0.2) is 27.9 Å². The summed E-state index contributed by atoms with van der Waals surface area (Å²) in [6, 6.07) is 6.66. The Morgan fingerprint density at radius 1 is 1.14 bits per heavy atom. The molecule has 3 atom stereocenters. The number of hydrogen-bond donors (Lipinski definition) is 1. The number of benzene rings is 1. The van der Waals surface area contributed by atoms with Gasteiger partial charge in [-0.3, -0.25) is 4.90 Å². The third-order valence-corrected chi connectivity index (χ3v) is 5.98. The number of fused-ring (bicyclic) bond motifs is 1. The van der Waals surface area contributed by atoms with Crippen LogP contribution in [0.25, 0.3) is 0 Å². The average molecular weight is 409 g/mol. The average Bonchev–Trinajstić information content (AvgIpc) is 3.32. The Labute approximate surface area is 172 Å². The van der Waals surface area contributed by atoms with E-state index in [1.165, 1.54) is 24.8 Å². The highest BCUT2D eigenvalue weighted by Crippen LogP contribution is 2.36. The highest BCUT2D eigenvalue weighted by atomic mass is 35.5. The molecule has 1 aliphatic heterocycles. The van der Waals surface area contributed by atoms with Crippen LogP contribution in [0, 0.1) is 11.8 Å². The SMILES string of the molecule is CC1CCCC(N(Cc2ccc3c(c2)OCO3)Cc2noc(CN)n2)C1C.Cl. The molecule has 4 rings (SSSR count). The number of halogens is 1. The second-order valence-electron chi connectivity index (χ2n) is 7.74. The van der Waals surface area contributed by atoms with Crippen LogP contribution in [-0.2, 0) is 19.6 Å². The first kappa shape index (κ1) is 20.9. The third-order valence-electron chi connectivity index (χ3n) is 5.98. The molecule has 1 aromatic heterocycles. The summed E-state index contributed by atoms with van der Waals surface area (Å²) < 4.78 is 16.2. The van der Waals surface area contributed by atoms with E-state index in [-0.39, 0.29) is 19.0 Å². The van der Waals surface area contributed by atoms with Crippen molar-refractivity contribution < 1.29 is 14.0 Å². The van der Waals surface area contributed by atoms with Gasteiger partial charge in [-0.15, -0.1) is 12.4 Å². The van der Waals surface area contributed by atoms with Crippen molar-refractivity contribution in [2.75, 3.05) is 6.79 Å². The monoisotopic (exact) mass is 408 g/mol. The molecule has 1 fully saturated rings. The minimum Gasteiger partial charge on any atom is -0.454 e. The lowest BCUT2D eigenvalue weighted by atomic mass is 9.77. The Morgan fingerprint density at radius 3 is 2.75 bits per heavy atom. The van der Waals surface area contributed by atoms with Crippen molar-refractivity contribution >= 4 is 12.4 Å². The summed E-state index contributed by atoms with van der Waals surface area (Å²) in [5.74, 6) is 4.15. The van der Waals surface area contributed by atoms with Crippen molar-refractivity contribution in [2.45, 2.75) is 58.8 Å². The standard InChI is InChI=1S/C20H28N4O3.ClH/c1-13-4-3-5-16(14(13)2)24(11-19-22-20(9-21)27-23-19)10-15-6-7-17-18(8-15)26-12-25-17;/h6-8,13-14,16H,3-5,9-12,21H2,1-2H3;1H. The molecule has 0 radical (unpaired) electrons. The van der Waals surface area contributed by atoms with Gasteiger partial charge in [0.2, 0.25) is 12.7 Å². The second kappa shape index (κ2) is 9.11. The van der Waals surface area contributed by atoms with Gasteiger partial charge in [-0.05, 0) is 36.0 Å². The van der Waals surface area contributed by atoms with Crippen LogP contribution in [0.5, 0.6) is 11.5 Å². The van der Waals surface area contributed by atoms with E-state index in [1.807, 2.05) is 6.07 Å². The molecule has 2 aromatic rings. The normalized spacial score (nSPS) is 23.6. The van der Waals surface area contributed by atoms with Crippen molar-refractivity contribution in [1.82, 2.24) is 15.0 Å². The van der Waals surface area contributed by atoms with Gasteiger partial charge in [-0.25, -0.2) is 0 Å². The molecule has 0 amide bonds. The Bertz CT molecular complexity index is 785. The minimum absolute atomic E-state index is 0. The summed E-state index contributed by atoms with van der Waals surface area (Å²) in [6.45, 7) is 6.75. The summed E-state index contributed by atoms with van der Waals surface area (Å²) >= 11 is 0. The molecule has 1 aromatic carbocycles. The molecular formula is C20H29ClN4O3. The van der Waals surface area contributed by atoms with Crippen LogP contribution < -0.4 is 15.2 Å². The maximum Gasteiger partial charge on any atom is 0.240 e. The van der Waals surface area contributed by atoms with Gasteiger partial charge in [-0.1, -0.05) is 37.9 Å². The third kappa shape index (κ3) is 4.42. The van der Waals surface area contributed by atoms with E-state index in [0.29, 0.717) is 42.9 Å². The Hall–Kier alpha value is -1.83. The molecular weight excluding hydrogens is 380 g/mol. The molecule has 1 saturated carbocycles. The number of nitrogens with zero attached hydrogens (tertiary/aromatic N) is 3. The molecule has 1 aliphatic carbocycles. The smallest absolute Gasteiger partial charge is 0.240 e. The fraction of sp³-hybridized carbons (Fsp3) is 0.600. The molecule has 7 nitrogen and oxygen atoms in total. The lowest BCUT2D eigenvalue weighted by molar-refractivity contribution is 0.0659. The first-order valence-corrected chi connectivity index (χ1v) is 9.78. The molecule has 0 bridgehead atoms. The zero-order valence-corrected chi connectivity index (χ0v) is 17.3. The van der Waals surface area contributed by atoms with Crippen molar-refractivity contribution in [3.05, 3.63) is 35.5 Å². The predicted octanol–water partition coefficient (Wildman–Crippen LogP) is 3.51. The maximum atomic E-state index is 5.62. The van der Waals surface area contributed by atoms with E-state index in [9.17, 15) is 0 Å². The molecule has 0 spiro atoms. The van der Waals surface area contributed by atoms with Crippen LogP contribution in [0.4, 0.5) is 0 Å². The topological polar surface area (TPSA) is 86.6 Å². The lowest BCUT2D eigenvalue weighted by Gasteiger charge is -2.41. The van der Waals surface area contributed by atoms with Crippen LogP contribution in [0.3, 0.4) is 0 Å². The van der Waals surface area contributed by atoms with E-state index in [4.69, 9.17) is 19.7 Å². The van der Waals surface area contributed by atoms with E-state index < -0.39 is 0 Å². The second-order valence-corrected chi connectivity index (χ2v) is 7.74. The Morgan fingerprint density at radius 2 is 1.96 bits per heavy atom. The van der Waals surface area contributed by atoms with E-state index >= 15 is 0 Å². The van der Waals surface area contributed by atoms with Crippen molar-refractivity contribution in [3.8, 4) is 11.5 Å².